The Morgan fingerprint density at radius 2 is 1.67 bits per heavy atom. The third-order valence-corrected chi connectivity index (χ3v) is 2.69. The first kappa shape index (κ1) is 12.5. The predicted molar refractivity (Wildman–Crippen MR) is 73.1 cm³/mol. The molecule has 2 aromatic carbocycles. The lowest BCUT2D eigenvalue weighted by Crippen LogP contribution is -2.08. The van der Waals surface area contributed by atoms with Crippen molar-refractivity contribution < 1.29 is 9.13 Å². The molecule has 0 radical (unpaired) electrons. The summed E-state index contributed by atoms with van der Waals surface area (Å²) in [4.78, 5) is 0.361. The fourth-order valence-electron chi connectivity index (χ4n) is 1.46. The highest BCUT2D eigenvalue weighted by Gasteiger charge is 1.99. The molecular formula is C14H12FNOS. The number of rotatable bonds is 4. The quantitative estimate of drug-likeness (QED) is 0.859. The van der Waals surface area contributed by atoms with Crippen LogP contribution in [0.15, 0.2) is 48.5 Å². The zero-order chi connectivity index (χ0) is 13.0. The molecule has 0 atom stereocenters. The van der Waals surface area contributed by atoms with E-state index >= 15 is 0 Å². The van der Waals surface area contributed by atoms with Crippen LogP contribution < -0.4 is 10.5 Å². The molecule has 0 spiro atoms. The normalized spacial score (nSPS) is 10.1. The molecule has 0 bridgehead atoms. The van der Waals surface area contributed by atoms with Crippen LogP contribution >= 0.6 is 12.2 Å². The maximum Gasteiger partial charge on any atom is 0.123 e. The average Bonchev–Trinajstić information content (AvgIpc) is 2.38. The highest BCUT2D eigenvalue weighted by atomic mass is 32.1. The molecule has 0 aliphatic heterocycles. The summed E-state index contributed by atoms with van der Waals surface area (Å²) in [5, 5.41) is 0. The summed E-state index contributed by atoms with van der Waals surface area (Å²) in [5.74, 6) is 0.471. The molecule has 0 unspecified atom stereocenters. The van der Waals surface area contributed by atoms with E-state index in [-0.39, 0.29) is 5.82 Å². The summed E-state index contributed by atoms with van der Waals surface area (Å²) >= 11 is 4.86. The van der Waals surface area contributed by atoms with Crippen LogP contribution in [0.2, 0.25) is 0 Å². The highest BCUT2D eigenvalue weighted by molar-refractivity contribution is 7.80. The monoisotopic (exact) mass is 261 g/mol. The Hall–Kier alpha value is -1.94. The zero-order valence-electron chi connectivity index (χ0n) is 9.60. The minimum Gasteiger partial charge on any atom is -0.489 e. The van der Waals surface area contributed by atoms with Crippen molar-refractivity contribution in [1.29, 1.82) is 0 Å². The van der Waals surface area contributed by atoms with E-state index in [1.165, 1.54) is 12.1 Å². The van der Waals surface area contributed by atoms with Gasteiger partial charge in [0.15, 0.2) is 0 Å². The van der Waals surface area contributed by atoms with Gasteiger partial charge in [0, 0.05) is 5.56 Å². The molecule has 18 heavy (non-hydrogen) atoms. The van der Waals surface area contributed by atoms with Crippen molar-refractivity contribution >= 4 is 17.2 Å². The lowest BCUT2D eigenvalue weighted by atomic mass is 10.2. The summed E-state index contributed by atoms with van der Waals surface area (Å²) in [6, 6.07) is 13.4. The first-order chi connectivity index (χ1) is 8.65. The number of nitrogens with two attached hydrogens (primary N) is 1. The van der Waals surface area contributed by atoms with E-state index in [2.05, 4.69) is 0 Å². The van der Waals surface area contributed by atoms with Gasteiger partial charge < -0.3 is 10.5 Å². The van der Waals surface area contributed by atoms with Gasteiger partial charge in [0.05, 0.1) is 0 Å². The fraction of sp³-hybridized carbons (Fsp3) is 0.0714. The molecule has 0 amide bonds. The van der Waals surface area contributed by atoms with E-state index in [1.54, 1.807) is 24.3 Å². The molecule has 0 fully saturated rings. The number of benzene rings is 2. The van der Waals surface area contributed by atoms with E-state index in [0.29, 0.717) is 11.6 Å². The first-order valence-electron chi connectivity index (χ1n) is 5.42. The molecule has 0 aliphatic carbocycles. The molecule has 2 N–H and O–H groups in total. The Bertz CT molecular complexity index is 537. The minimum absolute atomic E-state index is 0.250. The smallest absolute Gasteiger partial charge is 0.123 e. The Labute approximate surface area is 110 Å². The van der Waals surface area contributed by atoms with Crippen LogP contribution in [0.5, 0.6) is 5.75 Å². The first-order valence-corrected chi connectivity index (χ1v) is 5.83. The zero-order valence-corrected chi connectivity index (χ0v) is 10.4. The van der Waals surface area contributed by atoms with Gasteiger partial charge in [-0.1, -0.05) is 24.4 Å². The standard InChI is InChI=1S/C14H12FNOS/c15-12-5-1-10(2-6-12)9-17-13-7-3-11(4-8-13)14(16)18/h1-8H,9H2,(H2,16,18). The summed E-state index contributed by atoms with van der Waals surface area (Å²) in [5.41, 5.74) is 7.21. The molecular weight excluding hydrogens is 249 g/mol. The number of halogens is 1. The van der Waals surface area contributed by atoms with Gasteiger partial charge in [-0.15, -0.1) is 0 Å². The van der Waals surface area contributed by atoms with Crippen LogP contribution in [0.1, 0.15) is 11.1 Å². The summed E-state index contributed by atoms with van der Waals surface area (Å²) < 4.78 is 18.3. The van der Waals surface area contributed by atoms with Crippen molar-refractivity contribution in [2.24, 2.45) is 5.73 Å². The van der Waals surface area contributed by atoms with Crippen LogP contribution in [-0.4, -0.2) is 4.99 Å². The van der Waals surface area contributed by atoms with Crippen molar-refractivity contribution in [2.75, 3.05) is 0 Å². The van der Waals surface area contributed by atoms with E-state index in [9.17, 15) is 4.39 Å². The van der Waals surface area contributed by atoms with Crippen LogP contribution in [0.3, 0.4) is 0 Å². The minimum atomic E-state index is -0.250. The van der Waals surface area contributed by atoms with Gasteiger partial charge in [0.2, 0.25) is 0 Å². The molecule has 0 saturated heterocycles. The summed E-state index contributed by atoms with van der Waals surface area (Å²) in [6.45, 7) is 0.396. The Morgan fingerprint density at radius 3 is 2.22 bits per heavy atom. The number of hydrogen-bond donors (Lipinski definition) is 1. The number of hydrogen-bond acceptors (Lipinski definition) is 2. The molecule has 2 rings (SSSR count). The van der Waals surface area contributed by atoms with E-state index < -0.39 is 0 Å². The van der Waals surface area contributed by atoms with Crippen LogP contribution in [0.25, 0.3) is 0 Å². The second-order valence-electron chi connectivity index (χ2n) is 3.80. The Kier molecular flexibility index (Phi) is 3.89. The van der Waals surface area contributed by atoms with Gasteiger partial charge in [-0.25, -0.2) is 4.39 Å². The molecule has 2 nitrogen and oxygen atoms in total. The third kappa shape index (κ3) is 3.28. The maximum atomic E-state index is 12.7. The van der Waals surface area contributed by atoms with Crippen molar-refractivity contribution in [3.63, 3.8) is 0 Å². The van der Waals surface area contributed by atoms with Crippen LogP contribution in [-0.2, 0) is 6.61 Å². The molecule has 2 aromatic rings. The van der Waals surface area contributed by atoms with Crippen molar-refractivity contribution in [3.8, 4) is 5.75 Å². The molecule has 0 aliphatic rings. The largest absolute Gasteiger partial charge is 0.489 e. The van der Waals surface area contributed by atoms with Crippen molar-refractivity contribution in [1.82, 2.24) is 0 Å². The molecule has 0 saturated carbocycles. The maximum absolute atomic E-state index is 12.7. The fourth-order valence-corrected chi connectivity index (χ4v) is 1.60. The van der Waals surface area contributed by atoms with E-state index in [1.807, 2.05) is 12.1 Å². The van der Waals surface area contributed by atoms with Gasteiger partial charge in [-0.2, -0.15) is 0 Å². The summed E-state index contributed by atoms with van der Waals surface area (Å²) in [7, 11) is 0. The third-order valence-electron chi connectivity index (χ3n) is 2.46. The molecule has 0 heterocycles. The summed E-state index contributed by atoms with van der Waals surface area (Å²) in [6.07, 6.45) is 0. The lowest BCUT2D eigenvalue weighted by molar-refractivity contribution is 0.306. The SMILES string of the molecule is NC(=S)c1ccc(OCc2ccc(F)cc2)cc1. The number of thiocarbonyl (C=S) groups is 1. The van der Waals surface area contributed by atoms with Gasteiger partial charge >= 0.3 is 0 Å². The van der Waals surface area contributed by atoms with Gasteiger partial charge in [-0.05, 0) is 42.0 Å². The van der Waals surface area contributed by atoms with Crippen LogP contribution in [0, 0.1) is 5.82 Å². The van der Waals surface area contributed by atoms with Crippen LogP contribution in [0.4, 0.5) is 4.39 Å². The highest BCUT2D eigenvalue weighted by Crippen LogP contribution is 2.14. The second-order valence-corrected chi connectivity index (χ2v) is 4.24. The predicted octanol–water partition coefficient (Wildman–Crippen LogP) is 3.04. The van der Waals surface area contributed by atoms with Gasteiger partial charge in [0.25, 0.3) is 0 Å². The van der Waals surface area contributed by atoms with Crippen molar-refractivity contribution in [3.05, 3.63) is 65.5 Å². The van der Waals surface area contributed by atoms with Crippen molar-refractivity contribution in [2.45, 2.75) is 6.61 Å². The molecule has 92 valence electrons. The van der Waals surface area contributed by atoms with Gasteiger partial charge in [0.1, 0.15) is 23.2 Å². The number of ether oxygens (including phenoxy) is 1. The Balaban J connectivity index is 1.97. The van der Waals surface area contributed by atoms with E-state index in [4.69, 9.17) is 22.7 Å². The Morgan fingerprint density at radius 1 is 1.06 bits per heavy atom. The second kappa shape index (κ2) is 5.60. The lowest BCUT2D eigenvalue weighted by Gasteiger charge is -2.07. The topological polar surface area (TPSA) is 35.2 Å². The van der Waals surface area contributed by atoms with Gasteiger partial charge in [-0.3, -0.25) is 0 Å². The van der Waals surface area contributed by atoms with E-state index in [0.717, 1.165) is 16.9 Å². The molecule has 4 heteroatoms. The average molecular weight is 261 g/mol. The molecule has 0 aromatic heterocycles.